The van der Waals surface area contributed by atoms with Gasteiger partial charge in [0, 0.05) is 31.4 Å². The molecule has 160 valence electrons. The van der Waals surface area contributed by atoms with Gasteiger partial charge in [0.15, 0.2) is 6.23 Å². The molecule has 0 unspecified atom stereocenters. The molecule has 1 saturated heterocycles. The average Bonchev–Trinajstić information content (AvgIpc) is 2.79. The summed E-state index contributed by atoms with van der Waals surface area (Å²) in [5, 5.41) is 8.86. The summed E-state index contributed by atoms with van der Waals surface area (Å²) in [6.45, 7) is 2.69. The van der Waals surface area contributed by atoms with Crippen LogP contribution in [0.1, 0.15) is 17.4 Å². The van der Waals surface area contributed by atoms with Gasteiger partial charge in [-0.1, -0.05) is 24.3 Å². The first kappa shape index (κ1) is 20.5. The molecule has 0 radical (unpaired) electrons. The first-order valence-corrected chi connectivity index (χ1v) is 10.9. The molecule has 1 atom stereocenters. The van der Waals surface area contributed by atoms with E-state index in [0.29, 0.717) is 44.1 Å². The number of fused-ring (bicyclic) bond motifs is 1. The van der Waals surface area contributed by atoms with E-state index in [4.69, 9.17) is 14.7 Å². The first-order valence-electron chi connectivity index (χ1n) is 9.50. The lowest BCUT2D eigenvalue weighted by atomic mass is 10.00. The standard InChI is InChI=1S/C19H22N4O6S/c24-19(21-25)29-18-16-4-2-1-3-14(16)7-8-23(18)30(26,27)15-5-6-17(20-13-15)22-9-11-28-12-10-22/h1-6,13,18,25H,7-12H2,(H,21,24)/t18-/m0/s1. The molecule has 30 heavy (non-hydrogen) atoms. The van der Waals surface area contributed by atoms with Crippen LogP contribution in [0.15, 0.2) is 47.5 Å². The molecule has 4 rings (SSSR count). The summed E-state index contributed by atoms with van der Waals surface area (Å²) in [6.07, 6.45) is -0.567. The Hall–Kier alpha value is -2.73. The second-order valence-electron chi connectivity index (χ2n) is 6.89. The zero-order valence-corrected chi connectivity index (χ0v) is 16.9. The highest BCUT2D eigenvalue weighted by Crippen LogP contribution is 2.35. The Bertz CT molecular complexity index is 1010. The van der Waals surface area contributed by atoms with Crippen LogP contribution in [0.4, 0.5) is 10.6 Å². The Balaban J connectivity index is 1.64. The first-order chi connectivity index (χ1) is 14.5. The van der Waals surface area contributed by atoms with Crippen molar-refractivity contribution in [3.05, 3.63) is 53.7 Å². The van der Waals surface area contributed by atoms with Crippen LogP contribution in [0.5, 0.6) is 0 Å². The Morgan fingerprint density at radius 2 is 1.93 bits per heavy atom. The molecule has 2 aliphatic heterocycles. The number of carbonyl (C=O) groups is 1. The van der Waals surface area contributed by atoms with Gasteiger partial charge >= 0.3 is 6.09 Å². The number of amides is 1. The van der Waals surface area contributed by atoms with Gasteiger partial charge in [0.25, 0.3) is 0 Å². The number of nitrogens with zero attached hydrogens (tertiary/aromatic N) is 3. The van der Waals surface area contributed by atoms with Gasteiger partial charge in [-0.25, -0.2) is 23.7 Å². The molecule has 1 aromatic heterocycles. The van der Waals surface area contributed by atoms with Crippen LogP contribution < -0.4 is 10.4 Å². The van der Waals surface area contributed by atoms with Crippen molar-refractivity contribution in [2.24, 2.45) is 0 Å². The van der Waals surface area contributed by atoms with Crippen molar-refractivity contribution in [3.63, 3.8) is 0 Å². The fourth-order valence-electron chi connectivity index (χ4n) is 3.64. The molecular weight excluding hydrogens is 412 g/mol. The van der Waals surface area contributed by atoms with Crippen molar-refractivity contribution in [1.82, 2.24) is 14.8 Å². The molecule has 0 bridgehead atoms. The third-order valence-corrected chi connectivity index (χ3v) is 6.99. The van der Waals surface area contributed by atoms with Gasteiger partial charge in [-0.3, -0.25) is 5.21 Å². The number of hydrogen-bond acceptors (Lipinski definition) is 8. The number of ether oxygens (including phenoxy) is 2. The number of morpholine rings is 1. The number of pyridine rings is 1. The summed E-state index contributed by atoms with van der Waals surface area (Å²) in [7, 11) is -4.01. The maximum atomic E-state index is 13.3. The molecular formula is C19H22N4O6S. The van der Waals surface area contributed by atoms with Crippen molar-refractivity contribution >= 4 is 21.9 Å². The molecule has 0 spiro atoms. The van der Waals surface area contributed by atoms with E-state index < -0.39 is 22.3 Å². The lowest BCUT2D eigenvalue weighted by molar-refractivity contribution is 0.00235. The molecule has 11 heteroatoms. The van der Waals surface area contributed by atoms with Gasteiger partial charge < -0.3 is 14.4 Å². The van der Waals surface area contributed by atoms with Crippen LogP contribution in [0.25, 0.3) is 0 Å². The van der Waals surface area contributed by atoms with E-state index in [-0.39, 0.29) is 11.4 Å². The highest BCUT2D eigenvalue weighted by Gasteiger charge is 2.39. The van der Waals surface area contributed by atoms with E-state index in [0.717, 1.165) is 9.87 Å². The number of anilines is 1. The minimum absolute atomic E-state index is 0.00287. The lowest BCUT2D eigenvalue weighted by Gasteiger charge is -2.35. The van der Waals surface area contributed by atoms with Gasteiger partial charge in [0.1, 0.15) is 10.7 Å². The largest absolute Gasteiger partial charge is 0.432 e. The minimum atomic E-state index is -4.01. The van der Waals surface area contributed by atoms with E-state index in [1.165, 1.54) is 17.7 Å². The van der Waals surface area contributed by atoms with Gasteiger partial charge in [0.2, 0.25) is 10.0 Å². The summed E-state index contributed by atoms with van der Waals surface area (Å²) in [5.74, 6) is 0.675. The SMILES string of the molecule is O=C(NO)O[C@H]1c2ccccc2CCN1S(=O)(=O)c1ccc(N2CCOCC2)nc1. The van der Waals surface area contributed by atoms with Gasteiger partial charge in [-0.05, 0) is 24.1 Å². The minimum Gasteiger partial charge on any atom is -0.423 e. The lowest BCUT2D eigenvalue weighted by Crippen LogP contribution is -2.43. The Labute approximate surface area is 174 Å². The fourth-order valence-corrected chi connectivity index (χ4v) is 5.08. The number of aromatic nitrogens is 1. The van der Waals surface area contributed by atoms with Crippen LogP contribution in [0.3, 0.4) is 0 Å². The summed E-state index contributed by atoms with van der Waals surface area (Å²) < 4.78 is 38.3. The number of benzene rings is 1. The molecule has 10 nitrogen and oxygen atoms in total. The molecule has 2 aromatic rings. The Morgan fingerprint density at radius 1 is 1.17 bits per heavy atom. The third kappa shape index (κ3) is 3.97. The van der Waals surface area contributed by atoms with Crippen molar-refractivity contribution in [2.75, 3.05) is 37.7 Å². The number of hydrogen-bond donors (Lipinski definition) is 2. The Kier molecular flexibility index (Phi) is 5.86. The number of carbonyl (C=O) groups excluding carboxylic acids is 1. The molecule has 1 amide bonds. The molecule has 3 heterocycles. The van der Waals surface area contributed by atoms with Crippen molar-refractivity contribution in [2.45, 2.75) is 17.5 Å². The highest BCUT2D eigenvalue weighted by molar-refractivity contribution is 7.89. The Morgan fingerprint density at radius 3 is 2.63 bits per heavy atom. The van der Waals surface area contributed by atoms with E-state index in [1.54, 1.807) is 18.2 Å². The van der Waals surface area contributed by atoms with E-state index in [9.17, 15) is 13.2 Å². The average molecular weight is 434 g/mol. The summed E-state index contributed by atoms with van der Waals surface area (Å²) >= 11 is 0. The van der Waals surface area contributed by atoms with Crippen molar-refractivity contribution in [3.8, 4) is 0 Å². The van der Waals surface area contributed by atoms with Gasteiger partial charge in [-0.15, -0.1) is 0 Å². The number of rotatable bonds is 4. The predicted molar refractivity (Wildman–Crippen MR) is 105 cm³/mol. The maximum absolute atomic E-state index is 13.3. The molecule has 0 saturated carbocycles. The van der Waals surface area contributed by atoms with Gasteiger partial charge in [-0.2, -0.15) is 4.31 Å². The van der Waals surface area contributed by atoms with Crippen LogP contribution >= 0.6 is 0 Å². The topological polar surface area (TPSA) is 121 Å². The normalized spacial score (nSPS) is 19.8. The van der Waals surface area contributed by atoms with E-state index in [1.807, 2.05) is 17.0 Å². The van der Waals surface area contributed by atoms with Gasteiger partial charge in [0.05, 0.1) is 13.2 Å². The summed E-state index contributed by atoms with van der Waals surface area (Å²) in [6, 6.07) is 10.3. The number of hydroxylamine groups is 1. The van der Waals surface area contributed by atoms with Crippen molar-refractivity contribution < 1.29 is 27.9 Å². The van der Waals surface area contributed by atoms with Crippen molar-refractivity contribution in [1.29, 1.82) is 0 Å². The second kappa shape index (κ2) is 8.56. The predicted octanol–water partition coefficient (Wildman–Crippen LogP) is 1.28. The second-order valence-corrected chi connectivity index (χ2v) is 8.78. The summed E-state index contributed by atoms with van der Waals surface area (Å²) in [5.41, 5.74) is 2.81. The quantitative estimate of drug-likeness (QED) is 0.545. The summed E-state index contributed by atoms with van der Waals surface area (Å²) in [4.78, 5) is 18.0. The zero-order chi connectivity index (χ0) is 21.1. The highest BCUT2D eigenvalue weighted by atomic mass is 32.2. The molecule has 2 aliphatic rings. The van der Waals surface area contributed by atoms with E-state index >= 15 is 0 Å². The maximum Gasteiger partial charge on any atom is 0.432 e. The molecule has 0 aliphatic carbocycles. The van der Waals surface area contributed by atoms with Crippen LogP contribution in [0, 0.1) is 0 Å². The van der Waals surface area contributed by atoms with Crippen LogP contribution in [-0.4, -0.2) is 61.9 Å². The third-order valence-electron chi connectivity index (χ3n) is 5.16. The zero-order valence-electron chi connectivity index (χ0n) is 16.1. The van der Waals surface area contributed by atoms with Crippen LogP contribution in [-0.2, 0) is 25.9 Å². The smallest absolute Gasteiger partial charge is 0.423 e. The number of sulfonamides is 1. The molecule has 1 aromatic carbocycles. The monoisotopic (exact) mass is 434 g/mol. The van der Waals surface area contributed by atoms with Crippen LogP contribution in [0.2, 0.25) is 0 Å². The number of nitrogens with one attached hydrogen (secondary N) is 1. The fraction of sp³-hybridized carbons (Fsp3) is 0.368. The molecule has 1 fully saturated rings. The van der Waals surface area contributed by atoms with E-state index in [2.05, 4.69) is 4.98 Å². The molecule has 2 N–H and O–H groups in total.